The van der Waals surface area contributed by atoms with E-state index in [0.29, 0.717) is 11.1 Å². The van der Waals surface area contributed by atoms with E-state index in [2.05, 4.69) is 51.1 Å². The molecule has 1 aliphatic carbocycles. The van der Waals surface area contributed by atoms with Crippen molar-refractivity contribution in [2.45, 2.75) is 59.3 Å². The fourth-order valence-corrected chi connectivity index (χ4v) is 6.44. The van der Waals surface area contributed by atoms with Crippen LogP contribution in [0, 0.1) is 13.8 Å². The maximum absolute atomic E-state index is 13.9. The smallest absolute Gasteiger partial charge is 0.339 e. The highest BCUT2D eigenvalue weighted by atomic mass is 16.5. The lowest BCUT2D eigenvalue weighted by molar-refractivity contribution is 0.0475. The van der Waals surface area contributed by atoms with Crippen molar-refractivity contribution in [3.63, 3.8) is 0 Å². The number of methoxy groups -OCH3 is 1. The number of esters is 1. The Kier molecular flexibility index (Phi) is 8.39. The van der Waals surface area contributed by atoms with E-state index in [1.54, 1.807) is 7.11 Å². The molecule has 0 N–H and O–H groups in total. The van der Waals surface area contributed by atoms with Gasteiger partial charge in [0.15, 0.2) is 6.61 Å². The van der Waals surface area contributed by atoms with E-state index in [0.717, 1.165) is 75.4 Å². The Hall–Kier alpha value is -4.97. The largest absolute Gasteiger partial charge is 0.497 e. The minimum Gasteiger partial charge on any atom is -0.497 e. The molecule has 3 aromatic carbocycles. The molecular weight excluding hydrogens is 572 g/mol. The maximum Gasteiger partial charge on any atom is 0.339 e. The number of pyridine rings is 1. The number of aryl methyl sites for hydroxylation is 1. The van der Waals surface area contributed by atoms with Gasteiger partial charge in [0, 0.05) is 28.0 Å². The summed E-state index contributed by atoms with van der Waals surface area (Å²) in [4.78, 5) is 32.4. The number of hydrogen-bond acceptors (Lipinski definition) is 5. The quantitative estimate of drug-likeness (QED) is 0.136. The molecule has 2 aromatic heterocycles. The van der Waals surface area contributed by atoms with Crippen molar-refractivity contribution >= 4 is 34.3 Å². The number of carbonyl (C=O) groups is 2. The Balaban J connectivity index is 1.29. The molecule has 6 heteroatoms. The second-order valence-electron chi connectivity index (χ2n) is 13.0. The van der Waals surface area contributed by atoms with Gasteiger partial charge in [-0.2, -0.15) is 0 Å². The third-order valence-corrected chi connectivity index (χ3v) is 8.89. The standard InChI is InChI=1S/C40H40N2O4/c1-25-22-34(26(2)42(25)30-18-20-31(45-6)21-19-30)36(43)24-46-39(44)37-32-11-7-8-13-35(32)41-38-28(10-9-12-33(37)38)23-27-14-16-29(17-15-27)40(3,4)5/h7-8,11,13-23H,9-10,12,24H2,1-6H3/b28-23-. The third-order valence-electron chi connectivity index (χ3n) is 8.89. The Labute approximate surface area is 270 Å². The Morgan fingerprint density at radius 1 is 0.935 bits per heavy atom. The van der Waals surface area contributed by atoms with Crippen LogP contribution in [0.3, 0.4) is 0 Å². The number of Topliss-reactive ketones (excluding diaryl/α,β-unsaturated/α-hetero) is 1. The molecule has 0 atom stereocenters. The zero-order valence-electron chi connectivity index (χ0n) is 27.4. The molecule has 0 spiro atoms. The number of fused-ring (bicyclic) bond motifs is 2. The van der Waals surface area contributed by atoms with Crippen LogP contribution < -0.4 is 4.74 Å². The topological polar surface area (TPSA) is 70.4 Å². The summed E-state index contributed by atoms with van der Waals surface area (Å²) < 4.78 is 13.1. The number of hydrogen-bond donors (Lipinski definition) is 0. The van der Waals surface area contributed by atoms with Crippen molar-refractivity contribution in [2.75, 3.05) is 13.7 Å². The number of aromatic nitrogens is 2. The van der Waals surface area contributed by atoms with Crippen LogP contribution in [0.25, 0.3) is 28.2 Å². The average Bonchev–Trinajstić information content (AvgIpc) is 3.35. The first kappa shape index (κ1) is 31.0. The van der Waals surface area contributed by atoms with Gasteiger partial charge in [-0.25, -0.2) is 9.78 Å². The summed E-state index contributed by atoms with van der Waals surface area (Å²) in [6.07, 6.45) is 4.67. The molecule has 46 heavy (non-hydrogen) atoms. The van der Waals surface area contributed by atoms with E-state index in [-0.39, 0.29) is 17.8 Å². The molecule has 0 saturated carbocycles. The fourth-order valence-electron chi connectivity index (χ4n) is 6.44. The van der Waals surface area contributed by atoms with Gasteiger partial charge in [-0.1, -0.05) is 63.2 Å². The van der Waals surface area contributed by atoms with E-state index >= 15 is 0 Å². The molecule has 2 heterocycles. The zero-order chi connectivity index (χ0) is 32.6. The van der Waals surface area contributed by atoms with Gasteiger partial charge in [0.2, 0.25) is 5.78 Å². The van der Waals surface area contributed by atoms with E-state index in [1.807, 2.05) is 73.0 Å². The molecule has 5 aromatic rings. The summed E-state index contributed by atoms with van der Waals surface area (Å²) >= 11 is 0. The normalized spacial score (nSPS) is 13.9. The molecule has 0 fully saturated rings. The van der Waals surface area contributed by atoms with Crippen LogP contribution in [0.4, 0.5) is 0 Å². The highest BCUT2D eigenvalue weighted by molar-refractivity contribution is 6.08. The fraction of sp³-hybridized carbons (Fsp3) is 0.275. The van der Waals surface area contributed by atoms with Crippen molar-refractivity contribution in [3.8, 4) is 11.4 Å². The van der Waals surface area contributed by atoms with Gasteiger partial charge in [0.05, 0.1) is 23.9 Å². The minimum absolute atomic E-state index is 0.0816. The van der Waals surface area contributed by atoms with Gasteiger partial charge < -0.3 is 14.0 Å². The van der Waals surface area contributed by atoms with Crippen molar-refractivity contribution in [2.24, 2.45) is 0 Å². The van der Waals surface area contributed by atoms with Gasteiger partial charge in [-0.15, -0.1) is 0 Å². The molecule has 0 amide bonds. The first-order valence-electron chi connectivity index (χ1n) is 15.8. The Morgan fingerprint density at radius 3 is 2.35 bits per heavy atom. The summed E-state index contributed by atoms with van der Waals surface area (Å²) in [7, 11) is 1.63. The van der Waals surface area contributed by atoms with Gasteiger partial charge >= 0.3 is 5.97 Å². The number of allylic oxidation sites excluding steroid dienone is 1. The summed E-state index contributed by atoms with van der Waals surface area (Å²) in [6.45, 7) is 10.1. The van der Waals surface area contributed by atoms with Crippen LogP contribution in [-0.4, -0.2) is 35.0 Å². The predicted octanol–water partition coefficient (Wildman–Crippen LogP) is 8.87. The predicted molar refractivity (Wildman–Crippen MR) is 184 cm³/mol. The van der Waals surface area contributed by atoms with Crippen LogP contribution in [-0.2, 0) is 16.6 Å². The SMILES string of the molecule is COc1ccc(-n2c(C)cc(C(=O)COC(=O)c3c4c(nc5ccccc35)/C(=C\c3ccc(C(C)(C)C)cc3)CCC4)c2C)cc1. The van der Waals surface area contributed by atoms with Crippen LogP contribution in [0.5, 0.6) is 5.75 Å². The summed E-state index contributed by atoms with van der Waals surface area (Å²) in [5.74, 6) is 0.0216. The Morgan fingerprint density at radius 2 is 1.65 bits per heavy atom. The average molecular weight is 613 g/mol. The summed E-state index contributed by atoms with van der Waals surface area (Å²) in [6, 6.07) is 25.9. The summed E-state index contributed by atoms with van der Waals surface area (Å²) in [5.41, 5.74) is 9.71. The number of nitrogens with zero attached hydrogens (tertiary/aromatic N) is 2. The van der Waals surface area contributed by atoms with Crippen molar-refractivity contribution in [1.29, 1.82) is 0 Å². The van der Waals surface area contributed by atoms with Gasteiger partial charge in [-0.3, -0.25) is 4.79 Å². The number of ether oxygens (including phenoxy) is 2. The highest BCUT2D eigenvalue weighted by Gasteiger charge is 2.27. The second-order valence-corrected chi connectivity index (χ2v) is 13.0. The molecule has 0 aliphatic heterocycles. The van der Waals surface area contributed by atoms with Crippen molar-refractivity contribution in [3.05, 3.63) is 124 Å². The van der Waals surface area contributed by atoms with Crippen LogP contribution in [0.1, 0.15) is 88.1 Å². The van der Waals surface area contributed by atoms with Crippen LogP contribution >= 0.6 is 0 Å². The van der Waals surface area contributed by atoms with Gasteiger partial charge in [-0.05, 0) is 103 Å². The highest BCUT2D eigenvalue weighted by Crippen LogP contribution is 2.37. The van der Waals surface area contributed by atoms with E-state index in [9.17, 15) is 9.59 Å². The first-order chi connectivity index (χ1) is 22.0. The van der Waals surface area contributed by atoms with E-state index in [1.165, 1.54) is 5.56 Å². The molecule has 6 nitrogen and oxygen atoms in total. The van der Waals surface area contributed by atoms with Crippen molar-refractivity contribution in [1.82, 2.24) is 9.55 Å². The minimum atomic E-state index is -0.497. The summed E-state index contributed by atoms with van der Waals surface area (Å²) in [5, 5.41) is 0.743. The maximum atomic E-state index is 13.9. The van der Waals surface area contributed by atoms with Crippen LogP contribution in [0.15, 0.2) is 78.9 Å². The number of benzene rings is 3. The number of para-hydroxylation sites is 1. The Bertz CT molecular complexity index is 1970. The lowest BCUT2D eigenvalue weighted by atomic mass is 9.85. The monoisotopic (exact) mass is 612 g/mol. The molecule has 0 unspecified atom stereocenters. The molecule has 0 radical (unpaired) electrons. The molecule has 0 bridgehead atoms. The zero-order valence-corrected chi connectivity index (χ0v) is 27.4. The molecule has 234 valence electrons. The van der Waals surface area contributed by atoms with E-state index in [4.69, 9.17) is 14.5 Å². The first-order valence-corrected chi connectivity index (χ1v) is 15.8. The lowest BCUT2D eigenvalue weighted by Crippen LogP contribution is -2.19. The van der Waals surface area contributed by atoms with Crippen molar-refractivity contribution < 1.29 is 19.1 Å². The molecule has 0 saturated heterocycles. The lowest BCUT2D eigenvalue weighted by Gasteiger charge is -2.23. The number of ketones is 1. The van der Waals surface area contributed by atoms with Gasteiger partial charge in [0.25, 0.3) is 0 Å². The number of rotatable bonds is 7. The second kappa shape index (κ2) is 12.4. The molecular formula is C40H40N2O4. The third kappa shape index (κ3) is 6.00. The molecule has 1 aliphatic rings. The van der Waals surface area contributed by atoms with E-state index < -0.39 is 5.97 Å². The van der Waals surface area contributed by atoms with Gasteiger partial charge in [0.1, 0.15) is 5.75 Å². The van der Waals surface area contributed by atoms with Crippen LogP contribution in [0.2, 0.25) is 0 Å². The number of carbonyl (C=O) groups excluding carboxylic acids is 2. The molecule has 6 rings (SSSR count).